The summed E-state index contributed by atoms with van der Waals surface area (Å²) in [6.45, 7) is 5.47. The van der Waals surface area contributed by atoms with Crippen LogP contribution in [0.4, 0.5) is 5.69 Å². The monoisotopic (exact) mass is 421 g/mol. The minimum absolute atomic E-state index is 0.102. The number of hydrogen-bond donors (Lipinski definition) is 1. The van der Waals surface area contributed by atoms with Crippen molar-refractivity contribution in [3.05, 3.63) is 59.1 Å². The van der Waals surface area contributed by atoms with Gasteiger partial charge in [-0.25, -0.2) is 8.42 Å². The Balaban J connectivity index is 1.59. The Hall–Kier alpha value is -1.93. The van der Waals surface area contributed by atoms with Crippen LogP contribution in [0.3, 0.4) is 0 Å². The summed E-state index contributed by atoms with van der Waals surface area (Å²) < 4.78 is 27.0. The summed E-state index contributed by atoms with van der Waals surface area (Å²) in [5.41, 5.74) is 1.88. The lowest BCUT2D eigenvalue weighted by Gasteiger charge is -2.36. The standard InChI is InChI=1S/C20H24ClN3O3S/c1-15-6-8-18(9-7-15)22-20(25)16(2)23-10-12-24(13-11-23)28(26,27)19-5-3-4-17(21)14-19/h3-9,14,16H,10-13H2,1-2H3,(H,22,25)/t16-/m1/s1. The Morgan fingerprint density at radius 2 is 1.71 bits per heavy atom. The molecule has 1 atom stereocenters. The van der Waals surface area contributed by atoms with E-state index >= 15 is 0 Å². The molecular weight excluding hydrogens is 398 g/mol. The van der Waals surface area contributed by atoms with Gasteiger partial charge in [0.05, 0.1) is 10.9 Å². The maximum Gasteiger partial charge on any atom is 0.243 e. The Labute approximate surface area is 171 Å². The van der Waals surface area contributed by atoms with Gasteiger partial charge in [-0.3, -0.25) is 9.69 Å². The van der Waals surface area contributed by atoms with E-state index in [2.05, 4.69) is 5.32 Å². The first kappa shape index (κ1) is 20.8. The van der Waals surface area contributed by atoms with Crippen LogP contribution in [0.15, 0.2) is 53.4 Å². The number of carbonyl (C=O) groups excluding carboxylic acids is 1. The molecule has 2 aromatic carbocycles. The molecule has 150 valence electrons. The number of amides is 1. The van der Waals surface area contributed by atoms with Crippen molar-refractivity contribution in [2.45, 2.75) is 24.8 Å². The largest absolute Gasteiger partial charge is 0.325 e. The van der Waals surface area contributed by atoms with Gasteiger partial charge in [-0.05, 0) is 44.2 Å². The molecule has 1 aliphatic heterocycles. The van der Waals surface area contributed by atoms with Crippen LogP contribution in [-0.4, -0.2) is 55.8 Å². The van der Waals surface area contributed by atoms with Crippen molar-refractivity contribution < 1.29 is 13.2 Å². The number of nitrogens with one attached hydrogen (secondary N) is 1. The van der Waals surface area contributed by atoms with Crippen LogP contribution in [0.5, 0.6) is 0 Å². The first-order valence-corrected chi connectivity index (χ1v) is 11.0. The molecule has 6 nitrogen and oxygen atoms in total. The average molecular weight is 422 g/mol. The maximum atomic E-state index is 12.8. The summed E-state index contributed by atoms with van der Waals surface area (Å²) in [7, 11) is -3.58. The summed E-state index contributed by atoms with van der Waals surface area (Å²) in [4.78, 5) is 14.7. The van der Waals surface area contributed by atoms with Gasteiger partial charge in [0.1, 0.15) is 0 Å². The van der Waals surface area contributed by atoms with Crippen LogP contribution in [-0.2, 0) is 14.8 Å². The van der Waals surface area contributed by atoms with E-state index in [-0.39, 0.29) is 16.8 Å². The number of anilines is 1. The quantitative estimate of drug-likeness (QED) is 0.805. The Kier molecular flexibility index (Phi) is 6.40. The van der Waals surface area contributed by atoms with E-state index < -0.39 is 10.0 Å². The van der Waals surface area contributed by atoms with Crippen molar-refractivity contribution in [1.82, 2.24) is 9.21 Å². The molecule has 0 aliphatic carbocycles. The molecule has 1 aliphatic rings. The van der Waals surface area contributed by atoms with Crippen molar-refractivity contribution >= 4 is 33.2 Å². The van der Waals surface area contributed by atoms with Crippen LogP contribution in [0, 0.1) is 6.92 Å². The van der Waals surface area contributed by atoms with Gasteiger partial charge in [0.2, 0.25) is 15.9 Å². The zero-order valence-corrected chi connectivity index (χ0v) is 17.5. The van der Waals surface area contributed by atoms with Crippen molar-refractivity contribution in [2.75, 3.05) is 31.5 Å². The highest BCUT2D eigenvalue weighted by atomic mass is 35.5. The Morgan fingerprint density at radius 3 is 2.32 bits per heavy atom. The number of aryl methyl sites for hydroxylation is 1. The first-order valence-electron chi connectivity index (χ1n) is 9.15. The molecule has 3 rings (SSSR count). The van der Waals surface area contributed by atoms with Crippen LogP contribution < -0.4 is 5.32 Å². The number of benzene rings is 2. The van der Waals surface area contributed by atoms with Crippen molar-refractivity contribution in [2.24, 2.45) is 0 Å². The van der Waals surface area contributed by atoms with Gasteiger partial charge in [0.25, 0.3) is 0 Å². The lowest BCUT2D eigenvalue weighted by Crippen LogP contribution is -2.53. The van der Waals surface area contributed by atoms with Gasteiger partial charge in [-0.1, -0.05) is 35.4 Å². The number of nitrogens with zero attached hydrogens (tertiary/aromatic N) is 2. The molecule has 0 saturated carbocycles. The number of sulfonamides is 1. The van der Waals surface area contributed by atoms with E-state index in [0.29, 0.717) is 31.2 Å². The third-order valence-electron chi connectivity index (χ3n) is 4.95. The van der Waals surface area contributed by atoms with Crippen LogP contribution in [0.1, 0.15) is 12.5 Å². The zero-order chi connectivity index (χ0) is 20.3. The van der Waals surface area contributed by atoms with Crippen LogP contribution in [0.25, 0.3) is 0 Å². The predicted molar refractivity (Wildman–Crippen MR) is 111 cm³/mol. The molecule has 8 heteroatoms. The highest BCUT2D eigenvalue weighted by Gasteiger charge is 2.31. The molecule has 0 spiro atoms. The summed E-state index contributed by atoms with van der Waals surface area (Å²) in [5, 5.41) is 3.30. The van der Waals surface area contributed by atoms with Gasteiger partial charge in [-0.2, -0.15) is 4.31 Å². The topological polar surface area (TPSA) is 69.7 Å². The fourth-order valence-corrected chi connectivity index (χ4v) is 4.88. The van der Waals surface area contributed by atoms with Gasteiger partial charge < -0.3 is 5.32 Å². The molecule has 1 saturated heterocycles. The lowest BCUT2D eigenvalue weighted by atomic mass is 10.2. The maximum absolute atomic E-state index is 12.8. The second kappa shape index (κ2) is 8.61. The predicted octanol–water partition coefficient (Wildman–Crippen LogP) is 2.98. The van der Waals surface area contributed by atoms with E-state index in [4.69, 9.17) is 11.6 Å². The van der Waals surface area contributed by atoms with Crippen molar-refractivity contribution in [3.8, 4) is 0 Å². The molecule has 0 unspecified atom stereocenters. The number of piperazine rings is 1. The minimum atomic E-state index is -3.58. The normalized spacial score (nSPS) is 17.2. The van der Waals surface area contributed by atoms with Crippen LogP contribution >= 0.6 is 11.6 Å². The average Bonchev–Trinajstić information content (AvgIpc) is 2.69. The van der Waals surface area contributed by atoms with E-state index in [1.807, 2.05) is 43.0 Å². The van der Waals surface area contributed by atoms with E-state index in [0.717, 1.165) is 11.3 Å². The molecule has 2 aromatic rings. The molecule has 0 aromatic heterocycles. The summed E-state index contributed by atoms with van der Waals surface area (Å²) in [5.74, 6) is -0.102. The number of hydrogen-bond acceptors (Lipinski definition) is 4. The Morgan fingerprint density at radius 1 is 1.07 bits per heavy atom. The fraction of sp³-hybridized carbons (Fsp3) is 0.350. The minimum Gasteiger partial charge on any atom is -0.325 e. The van der Waals surface area contributed by atoms with E-state index in [9.17, 15) is 13.2 Å². The summed E-state index contributed by atoms with van der Waals surface area (Å²) in [6.07, 6.45) is 0. The number of rotatable bonds is 5. The van der Waals surface area contributed by atoms with Gasteiger partial charge >= 0.3 is 0 Å². The van der Waals surface area contributed by atoms with Crippen molar-refractivity contribution in [3.63, 3.8) is 0 Å². The Bertz CT molecular complexity index is 939. The lowest BCUT2D eigenvalue weighted by molar-refractivity contribution is -0.121. The third-order valence-corrected chi connectivity index (χ3v) is 7.08. The zero-order valence-electron chi connectivity index (χ0n) is 15.9. The molecule has 1 N–H and O–H groups in total. The molecule has 1 amide bonds. The van der Waals surface area contributed by atoms with E-state index in [1.54, 1.807) is 18.2 Å². The second-order valence-electron chi connectivity index (χ2n) is 6.93. The highest BCUT2D eigenvalue weighted by molar-refractivity contribution is 7.89. The molecule has 28 heavy (non-hydrogen) atoms. The van der Waals surface area contributed by atoms with Crippen molar-refractivity contribution in [1.29, 1.82) is 0 Å². The molecule has 0 bridgehead atoms. The fourth-order valence-electron chi connectivity index (χ4n) is 3.16. The first-order chi connectivity index (χ1) is 13.3. The smallest absolute Gasteiger partial charge is 0.243 e. The van der Waals surface area contributed by atoms with Gasteiger partial charge in [0.15, 0.2) is 0 Å². The molecule has 0 radical (unpaired) electrons. The number of halogens is 1. The van der Waals surface area contributed by atoms with Gasteiger partial charge in [0, 0.05) is 36.9 Å². The molecular formula is C20H24ClN3O3S. The summed E-state index contributed by atoms with van der Waals surface area (Å²) in [6, 6.07) is 13.6. The van der Waals surface area contributed by atoms with E-state index in [1.165, 1.54) is 10.4 Å². The second-order valence-corrected chi connectivity index (χ2v) is 9.30. The summed E-state index contributed by atoms with van der Waals surface area (Å²) >= 11 is 5.93. The molecule has 1 fully saturated rings. The third kappa shape index (κ3) is 4.72. The SMILES string of the molecule is Cc1ccc(NC(=O)[C@@H](C)N2CCN(S(=O)(=O)c3cccc(Cl)c3)CC2)cc1. The molecule has 1 heterocycles. The number of carbonyl (C=O) groups is 1. The van der Waals surface area contributed by atoms with Gasteiger partial charge in [-0.15, -0.1) is 0 Å². The van der Waals surface area contributed by atoms with Crippen LogP contribution in [0.2, 0.25) is 5.02 Å². The highest BCUT2D eigenvalue weighted by Crippen LogP contribution is 2.21.